The summed E-state index contributed by atoms with van der Waals surface area (Å²) in [5.74, 6) is 1.17. The van der Waals surface area contributed by atoms with Gasteiger partial charge in [0.05, 0.1) is 5.02 Å². The smallest absolute Gasteiger partial charge is 0.264 e. The summed E-state index contributed by atoms with van der Waals surface area (Å²) in [6, 6.07) is 17.6. The van der Waals surface area contributed by atoms with E-state index in [1.54, 1.807) is 24.3 Å². The van der Waals surface area contributed by atoms with E-state index in [1.807, 2.05) is 19.2 Å². The minimum atomic E-state index is -3.86. The second-order valence-corrected chi connectivity index (χ2v) is 12.8. The first kappa shape index (κ1) is 28.3. The van der Waals surface area contributed by atoms with Crippen LogP contribution < -0.4 is 10.0 Å². The second-order valence-electron chi connectivity index (χ2n) is 10.8. The van der Waals surface area contributed by atoms with Gasteiger partial charge in [0, 0.05) is 34.9 Å². The average molecular weight is 578 g/mol. The van der Waals surface area contributed by atoms with Crippen LogP contribution in [-0.4, -0.2) is 49.5 Å². The lowest BCUT2D eigenvalue weighted by Gasteiger charge is -2.33. The Balaban J connectivity index is 1.37. The third-order valence-electron chi connectivity index (χ3n) is 7.84. The van der Waals surface area contributed by atoms with Crippen molar-refractivity contribution in [3.63, 3.8) is 0 Å². The number of hydrogen-bond donors (Lipinski definition) is 2. The van der Waals surface area contributed by atoms with E-state index in [0.717, 1.165) is 47.3 Å². The molecule has 1 aliphatic carbocycles. The van der Waals surface area contributed by atoms with Gasteiger partial charge in [-0.05, 0) is 106 Å². The van der Waals surface area contributed by atoms with Crippen LogP contribution in [0.2, 0.25) is 5.02 Å². The molecular weight excluding hydrogens is 542 g/mol. The van der Waals surface area contributed by atoms with Crippen molar-refractivity contribution in [2.45, 2.75) is 62.9 Å². The van der Waals surface area contributed by atoms with Crippen LogP contribution in [-0.2, 0) is 16.4 Å². The predicted molar refractivity (Wildman–Crippen MR) is 165 cm³/mol. The fraction of sp³-hybridized carbons (Fsp3) is 0.355. The summed E-state index contributed by atoms with van der Waals surface area (Å²) in [6.45, 7) is 4.04. The zero-order chi connectivity index (χ0) is 28.4. The molecule has 1 aliphatic rings. The Morgan fingerprint density at radius 3 is 2.42 bits per heavy atom. The third kappa shape index (κ3) is 6.09. The molecule has 7 nitrogen and oxygen atoms in total. The Hall–Kier alpha value is -3.20. The molecular formula is C31H36ClN5O2S. The van der Waals surface area contributed by atoms with Gasteiger partial charge in [0.2, 0.25) is 0 Å². The quantitative estimate of drug-likeness (QED) is 0.237. The van der Waals surface area contributed by atoms with Crippen molar-refractivity contribution < 1.29 is 8.42 Å². The monoisotopic (exact) mass is 577 g/mol. The van der Waals surface area contributed by atoms with Crippen LogP contribution in [0, 0.1) is 6.92 Å². The molecule has 0 spiro atoms. The second kappa shape index (κ2) is 11.7. The fourth-order valence-corrected chi connectivity index (χ4v) is 7.11. The Labute approximate surface area is 242 Å². The minimum absolute atomic E-state index is 0.0184. The van der Waals surface area contributed by atoms with Gasteiger partial charge in [0.15, 0.2) is 0 Å². The van der Waals surface area contributed by atoms with Crippen molar-refractivity contribution in [3.8, 4) is 11.1 Å². The van der Waals surface area contributed by atoms with Gasteiger partial charge in [-0.1, -0.05) is 36.7 Å². The molecule has 0 amide bonds. The van der Waals surface area contributed by atoms with Crippen molar-refractivity contribution in [1.29, 1.82) is 0 Å². The number of halogens is 1. The lowest BCUT2D eigenvalue weighted by Crippen LogP contribution is -2.36. The van der Waals surface area contributed by atoms with Gasteiger partial charge >= 0.3 is 0 Å². The molecule has 210 valence electrons. The third-order valence-corrected chi connectivity index (χ3v) is 9.70. The first-order valence-electron chi connectivity index (χ1n) is 13.8. The number of fused-ring (bicyclic) bond motifs is 1. The van der Waals surface area contributed by atoms with Crippen LogP contribution in [0.5, 0.6) is 0 Å². The number of aromatic nitrogens is 2. The average Bonchev–Trinajstić information content (AvgIpc) is 2.93. The zero-order valence-corrected chi connectivity index (χ0v) is 25.0. The van der Waals surface area contributed by atoms with Crippen LogP contribution in [0.3, 0.4) is 0 Å². The molecule has 0 radical (unpaired) electrons. The van der Waals surface area contributed by atoms with Gasteiger partial charge < -0.3 is 10.2 Å². The van der Waals surface area contributed by atoms with Gasteiger partial charge in [-0.15, -0.1) is 0 Å². The molecule has 2 aromatic heterocycles. The van der Waals surface area contributed by atoms with Crippen molar-refractivity contribution >= 4 is 44.0 Å². The molecule has 0 atom stereocenters. The van der Waals surface area contributed by atoms with Crippen LogP contribution >= 0.6 is 11.6 Å². The van der Waals surface area contributed by atoms with Crippen LogP contribution in [0.4, 0.5) is 11.6 Å². The van der Waals surface area contributed by atoms with Gasteiger partial charge in [0.1, 0.15) is 16.5 Å². The minimum Gasteiger partial charge on any atom is -0.367 e. The normalized spacial score (nSPS) is 17.8. The first-order chi connectivity index (χ1) is 19.1. The lowest BCUT2D eigenvalue weighted by atomic mass is 9.90. The Morgan fingerprint density at radius 1 is 1.00 bits per heavy atom. The number of sulfonamides is 1. The Kier molecular flexibility index (Phi) is 8.31. The highest BCUT2D eigenvalue weighted by Crippen LogP contribution is 2.32. The van der Waals surface area contributed by atoms with Crippen LogP contribution in [0.15, 0.2) is 65.7 Å². The molecule has 1 fully saturated rings. The summed E-state index contributed by atoms with van der Waals surface area (Å²) in [4.78, 5) is 11.7. The number of aryl methyl sites for hydroxylation is 2. The standard InChI is InChI=1S/C31H36ClN5O2S/c1-5-21-16-22(17-23-19-33-31(18-27(21)23)35-24-10-12-25(13-11-24)37(3)4)26-14-15-30(34-20(26)2)36-40(38,39)29-9-7-6-8-28(29)32/h6-9,14-19,24-25H,5,10-13H2,1-4H3,(H,33,35)(H,34,36). The molecule has 4 aromatic rings. The Bertz CT molecular complexity index is 1630. The van der Waals surface area contributed by atoms with Crippen molar-refractivity contribution in [1.82, 2.24) is 14.9 Å². The van der Waals surface area contributed by atoms with E-state index in [1.165, 1.54) is 29.9 Å². The van der Waals surface area contributed by atoms with Gasteiger partial charge in [-0.25, -0.2) is 18.4 Å². The predicted octanol–water partition coefficient (Wildman–Crippen LogP) is 6.91. The largest absolute Gasteiger partial charge is 0.367 e. The molecule has 2 aromatic carbocycles. The molecule has 2 heterocycles. The van der Waals surface area contributed by atoms with Gasteiger partial charge in [0.25, 0.3) is 10.0 Å². The van der Waals surface area contributed by atoms with Crippen molar-refractivity contribution in [2.75, 3.05) is 24.1 Å². The fourth-order valence-electron chi connectivity index (χ4n) is 5.58. The number of pyridine rings is 2. The summed E-state index contributed by atoms with van der Waals surface area (Å²) in [6.07, 6.45) is 7.54. The maximum Gasteiger partial charge on any atom is 0.264 e. The summed E-state index contributed by atoms with van der Waals surface area (Å²) in [7, 11) is 0.472. The number of benzene rings is 2. The topological polar surface area (TPSA) is 87.2 Å². The molecule has 0 bridgehead atoms. The molecule has 0 saturated heterocycles. The highest BCUT2D eigenvalue weighted by Gasteiger charge is 2.23. The number of nitrogens with one attached hydrogen (secondary N) is 2. The highest BCUT2D eigenvalue weighted by atomic mass is 35.5. The molecule has 40 heavy (non-hydrogen) atoms. The molecule has 1 saturated carbocycles. The van der Waals surface area contributed by atoms with E-state index < -0.39 is 10.0 Å². The first-order valence-corrected chi connectivity index (χ1v) is 15.6. The van der Waals surface area contributed by atoms with Crippen LogP contribution in [0.25, 0.3) is 21.9 Å². The van der Waals surface area contributed by atoms with Crippen molar-refractivity contribution in [2.24, 2.45) is 0 Å². The van der Waals surface area contributed by atoms with Crippen LogP contribution in [0.1, 0.15) is 43.9 Å². The highest BCUT2D eigenvalue weighted by molar-refractivity contribution is 7.92. The lowest BCUT2D eigenvalue weighted by molar-refractivity contribution is 0.221. The summed E-state index contributed by atoms with van der Waals surface area (Å²) in [5, 5.41) is 6.10. The maximum absolute atomic E-state index is 12.9. The van der Waals surface area contributed by atoms with E-state index in [9.17, 15) is 8.42 Å². The maximum atomic E-state index is 12.9. The number of nitrogens with zero attached hydrogens (tertiary/aromatic N) is 3. The van der Waals surface area contributed by atoms with E-state index >= 15 is 0 Å². The van der Waals surface area contributed by atoms with Gasteiger partial charge in [-0.3, -0.25) is 4.72 Å². The Morgan fingerprint density at radius 2 is 1.75 bits per heavy atom. The number of anilines is 2. The summed E-state index contributed by atoms with van der Waals surface area (Å²) >= 11 is 6.11. The molecule has 2 N–H and O–H groups in total. The zero-order valence-electron chi connectivity index (χ0n) is 23.4. The van der Waals surface area contributed by atoms with E-state index in [2.05, 4.69) is 59.1 Å². The van der Waals surface area contributed by atoms with Gasteiger partial charge in [-0.2, -0.15) is 0 Å². The number of hydrogen-bond acceptors (Lipinski definition) is 6. The van der Waals surface area contributed by atoms with E-state index in [0.29, 0.717) is 12.1 Å². The molecule has 9 heteroatoms. The molecule has 0 aliphatic heterocycles. The van der Waals surface area contributed by atoms with Crippen molar-refractivity contribution in [3.05, 3.63) is 77.1 Å². The van der Waals surface area contributed by atoms with E-state index in [4.69, 9.17) is 16.6 Å². The van der Waals surface area contributed by atoms with E-state index in [-0.39, 0.29) is 15.7 Å². The summed E-state index contributed by atoms with van der Waals surface area (Å²) in [5.41, 5.74) is 3.93. The molecule has 5 rings (SSSR count). The SMILES string of the molecule is CCc1cc(-c2ccc(NS(=O)(=O)c3ccccc3Cl)nc2C)cc2cnc(NC3CCC(N(C)C)CC3)cc12. The molecule has 0 unspecified atom stereocenters. The number of rotatable bonds is 8. The summed E-state index contributed by atoms with van der Waals surface area (Å²) < 4.78 is 28.3.